The van der Waals surface area contributed by atoms with Gasteiger partial charge in [0.1, 0.15) is 0 Å². The standard InChI is InChI=1S/C18H23N3O.C2H2O4/c22-18(15-3-5-19-6-4-15)21-9-7-20(8-10-21)13-17-12-14-1-2-16(17)11-14;3-1(4)2(5)6/h1-6,14,16-17H,7-13H2;(H,3,4)(H,5,6). The van der Waals surface area contributed by atoms with Gasteiger partial charge in [-0.3, -0.25) is 14.7 Å². The van der Waals surface area contributed by atoms with Crippen LogP contribution in [-0.2, 0) is 9.59 Å². The van der Waals surface area contributed by atoms with Crippen LogP contribution in [0.25, 0.3) is 0 Å². The summed E-state index contributed by atoms with van der Waals surface area (Å²) in [7, 11) is 0. The molecule has 2 heterocycles. The topological polar surface area (TPSA) is 111 Å². The number of carboxylic acid groups (broad SMARTS) is 2. The van der Waals surface area contributed by atoms with Gasteiger partial charge in [-0.1, -0.05) is 12.2 Å². The van der Waals surface area contributed by atoms with Crippen molar-refractivity contribution in [2.75, 3.05) is 32.7 Å². The Balaban J connectivity index is 0.000000330. The average Bonchev–Trinajstić information content (AvgIpc) is 3.32. The van der Waals surface area contributed by atoms with Gasteiger partial charge in [0.2, 0.25) is 0 Å². The van der Waals surface area contributed by atoms with E-state index in [0.717, 1.165) is 49.5 Å². The first-order valence-corrected chi connectivity index (χ1v) is 9.50. The highest BCUT2D eigenvalue weighted by Crippen LogP contribution is 2.43. The van der Waals surface area contributed by atoms with Gasteiger partial charge in [-0.2, -0.15) is 0 Å². The molecule has 0 spiro atoms. The second-order valence-electron chi connectivity index (χ2n) is 7.48. The van der Waals surface area contributed by atoms with Crippen molar-refractivity contribution in [3.63, 3.8) is 0 Å². The van der Waals surface area contributed by atoms with Crippen LogP contribution in [0, 0.1) is 17.8 Å². The van der Waals surface area contributed by atoms with Crippen molar-refractivity contribution < 1.29 is 24.6 Å². The van der Waals surface area contributed by atoms with Crippen molar-refractivity contribution in [3.05, 3.63) is 42.2 Å². The molecule has 1 saturated carbocycles. The molecule has 150 valence electrons. The number of aromatic nitrogens is 1. The number of carbonyl (C=O) groups excluding carboxylic acids is 1. The summed E-state index contributed by atoms with van der Waals surface area (Å²) in [4.78, 5) is 39.1. The molecule has 2 aliphatic carbocycles. The van der Waals surface area contributed by atoms with E-state index in [1.165, 1.54) is 19.4 Å². The summed E-state index contributed by atoms with van der Waals surface area (Å²) < 4.78 is 0. The number of hydrogen-bond acceptors (Lipinski definition) is 5. The number of hydrogen-bond donors (Lipinski definition) is 2. The van der Waals surface area contributed by atoms with E-state index < -0.39 is 11.9 Å². The maximum Gasteiger partial charge on any atom is 0.414 e. The first kappa shape index (κ1) is 20.0. The minimum Gasteiger partial charge on any atom is -0.473 e. The summed E-state index contributed by atoms with van der Waals surface area (Å²) in [6, 6.07) is 3.60. The lowest BCUT2D eigenvalue weighted by atomic mass is 9.93. The highest BCUT2D eigenvalue weighted by molar-refractivity contribution is 6.27. The highest BCUT2D eigenvalue weighted by atomic mass is 16.4. The zero-order chi connectivity index (χ0) is 20.1. The molecule has 4 rings (SSSR count). The van der Waals surface area contributed by atoms with Gasteiger partial charge in [0, 0.05) is 50.7 Å². The number of piperazine rings is 1. The van der Waals surface area contributed by atoms with Gasteiger partial charge in [0.05, 0.1) is 0 Å². The molecule has 1 amide bonds. The Bertz CT molecular complexity index is 731. The van der Waals surface area contributed by atoms with E-state index in [2.05, 4.69) is 22.0 Å². The number of nitrogens with zero attached hydrogens (tertiary/aromatic N) is 3. The fraction of sp³-hybridized carbons (Fsp3) is 0.500. The summed E-state index contributed by atoms with van der Waals surface area (Å²) in [6.07, 6.45) is 11.0. The zero-order valence-electron chi connectivity index (χ0n) is 15.6. The minimum absolute atomic E-state index is 0.143. The average molecular weight is 387 g/mol. The largest absolute Gasteiger partial charge is 0.473 e. The number of rotatable bonds is 3. The molecule has 3 aliphatic rings. The van der Waals surface area contributed by atoms with E-state index in [-0.39, 0.29) is 5.91 Å². The van der Waals surface area contributed by atoms with Gasteiger partial charge in [0.25, 0.3) is 5.91 Å². The van der Waals surface area contributed by atoms with E-state index in [1.807, 2.05) is 4.90 Å². The molecule has 8 nitrogen and oxygen atoms in total. The molecule has 3 unspecified atom stereocenters. The van der Waals surface area contributed by atoms with E-state index in [1.54, 1.807) is 24.5 Å². The van der Waals surface area contributed by atoms with Crippen molar-refractivity contribution in [3.8, 4) is 0 Å². The molecule has 3 atom stereocenters. The Hall–Kier alpha value is -2.74. The number of carboxylic acids is 2. The first-order valence-electron chi connectivity index (χ1n) is 9.50. The molecular formula is C20H25N3O5. The number of allylic oxidation sites excluding steroid dienone is 2. The monoisotopic (exact) mass is 387 g/mol. The molecule has 1 aromatic rings. The predicted molar refractivity (Wildman–Crippen MR) is 101 cm³/mol. The van der Waals surface area contributed by atoms with Crippen LogP contribution in [-0.4, -0.2) is 75.6 Å². The summed E-state index contributed by atoms with van der Waals surface area (Å²) in [5.41, 5.74) is 0.752. The van der Waals surface area contributed by atoms with E-state index in [9.17, 15) is 4.79 Å². The number of amides is 1. The molecule has 8 heteroatoms. The summed E-state index contributed by atoms with van der Waals surface area (Å²) in [5.74, 6) is -0.988. The predicted octanol–water partition coefficient (Wildman–Crippen LogP) is 1.21. The Kier molecular flexibility index (Phi) is 6.41. The Morgan fingerprint density at radius 3 is 2.11 bits per heavy atom. The second-order valence-corrected chi connectivity index (χ2v) is 7.48. The van der Waals surface area contributed by atoms with Crippen LogP contribution in [0.5, 0.6) is 0 Å². The molecule has 28 heavy (non-hydrogen) atoms. The fourth-order valence-corrected chi connectivity index (χ4v) is 4.25. The smallest absolute Gasteiger partial charge is 0.414 e. The lowest BCUT2D eigenvalue weighted by Gasteiger charge is -2.37. The molecule has 0 aromatic carbocycles. The van der Waals surface area contributed by atoms with Crippen molar-refractivity contribution in [1.82, 2.24) is 14.8 Å². The summed E-state index contributed by atoms with van der Waals surface area (Å²) in [6.45, 7) is 4.92. The quantitative estimate of drug-likeness (QED) is 0.592. The normalized spacial score (nSPS) is 25.9. The van der Waals surface area contributed by atoms with E-state index in [0.29, 0.717) is 0 Å². The molecule has 2 bridgehead atoms. The molecule has 1 aromatic heterocycles. The van der Waals surface area contributed by atoms with Gasteiger partial charge in [-0.15, -0.1) is 0 Å². The first-order chi connectivity index (χ1) is 13.4. The van der Waals surface area contributed by atoms with Crippen LogP contribution >= 0.6 is 0 Å². The van der Waals surface area contributed by atoms with Gasteiger partial charge in [0.15, 0.2) is 0 Å². The van der Waals surface area contributed by atoms with Crippen LogP contribution in [0.2, 0.25) is 0 Å². The molecule has 2 N–H and O–H groups in total. The van der Waals surface area contributed by atoms with Crippen LogP contribution in [0.4, 0.5) is 0 Å². The Morgan fingerprint density at radius 1 is 0.964 bits per heavy atom. The molecule has 0 radical (unpaired) electrons. The third kappa shape index (κ3) is 4.95. The maximum absolute atomic E-state index is 12.4. The molecule has 1 aliphatic heterocycles. The molecule has 1 saturated heterocycles. The number of carbonyl (C=O) groups is 3. The molecule has 2 fully saturated rings. The minimum atomic E-state index is -1.82. The van der Waals surface area contributed by atoms with Crippen molar-refractivity contribution in [1.29, 1.82) is 0 Å². The van der Waals surface area contributed by atoms with Crippen LogP contribution in [0.15, 0.2) is 36.7 Å². The van der Waals surface area contributed by atoms with Crippen molar-refractivity contribution >= 4 is 17.8 Å². The van der Waals surface area contributed by atoms with E-state index in [4.69, 9.17) is 19.8 Å². The van der Waals surface area contributed by atoms with Crippen LogP contribution in [0.1, 0.15) is 23.2 Å². The SMILES string of the molecule is O=C(O)C(=O)O.O=C(c1ccncc1)N1CCN(CC2CC3C=CC2C3)CC1. The van der Waals surface area contributed by atoms with Crippen molar-refractivity contribution in [2.24, 2.45) is 17.8 Å². The van der Waals surface area contributed by atoms with Gasteiger partial charge < -0.3 is 15.1 Å². The van der Waals surface area contributed by atoms with Crippen LogP contribution in [0.3, 0.4) is 0 Å². The zero-order valence-corrected chi connectivity index (χ0v) is 15.6. The number of pyridine rings is 1. The summed E-state index contributed by atoms with van der Waals surface area (Å²) in [5, 5.41) is 14.8. The fourth-order valence-electron chi connectivity index (χ4n) is 4.25. The Morgan fingerprint density at radius 2 is 1.61 bits per heavy atom. The Labute approximate surface area is 163 Å². The van der Waals surface area contributed by atoms with Crippen molar-refractivity contribution in [2.45, 2.75) is 12.8 Å². The highest BCUT2D eigenvalue weighted by Gasteiger charge is 2.36. The third-order valence-corrected chi connectivity index (χ3v) is 5.68. The second kappa shape index (κ2) is 8.97. The molecular weight excluding hydrogens is 362 g/mol. The van der Waals surface area contributed by atoms with Gasteiger partial charge >= 0.3 is 11.9 Å². The third-order valence-electron chi connectivity index (χ3n) is 5.68. The lowest BCUT2D eigenvalue weighted by molar-refractivity contribution is -0.159. The number of aliphatic carboxylic acids is 2. The maximum atomic E-state index is 12.4. The van der Waals surface area contributed by atoms with E-state index >= 15 is 0 Å². The van der Waals surface area contributed by atoms with Crippen LogP contribution < -0.4 is 0 Å². The number of fused-ring (bicyclic) bond motifs is 2. The van der Waals surface area contributed by atoms with Gasteiger partial charge in [-0.05, 0) is 42.7 Å². The van der Waals surface area contributed by atoms with Gasteiger partial charge in [-0.25, -0.2) is 9.59 Å². The summed E-state index contributed by atoms with van der Waals surface area (Å²) >= 11 is 0. The lowest BCUT2D eigenvalue weighted by Crippen LogP contribution is -2.50.